The average Bonchev–Trinajstić information content (AvgIpc) is 3.65. The predicted octanol–water partition coefficient (Wildman–Crippen LogP) is 6.58. The number of ether oxygens (including phenoxy) is 2. The fourth-order valence-electron chi connectivity index (χ4n) is 6.66. The van der Waals surface area contributed by atoms with Crippen molar-refractivity contribution < 1.29 is 28.2 Å². The molecule has 2 heterocycles. The maximum atomic E-state index is 13.6. The maximum Gasteiger partial charge on any atom is 0.335 e. The number of rotatable bonds is 9. The molecule has 1 aliphatic carbocycles. The van der Waals surface area contributed by atoms with Crippen LogP contribution in [-0.4, -0.2) is 47.3 Å². The van der Waals surface area contributed by atoms with Gasteiger partial charge in [-0.3, -0.25) is 4.90 Å². The molecule has 1 saturated carbocycles. The van der Waals surface area contributed by atoms with Crippen molar-refractivity contribution in [3.8, 4) is 22.6 Å². The summed E-state index contributed by atoms with van der Waals surface area (Å²) in [5, 5.41) is 9.27. The van der Waals surface area contributed by atoms with Gasteiger partial charge in [-0.25, -0.2) is 14.2 Å². The zero-order valence-corrected chi connectivity index (χ0v) is 22.7. The molecule has 1 saturated heterocycles. The van der Waals surface area contributed by atoms with Crippen molar-refractivity contribution in [2.75, 3.05) is 20.3 Å². The summed E-state index contributed by atoms with van der Waals surface area (Å²) in [5.41, 5.74) is 4.26. The zero-order valence-electron chi connectivity index (χ0n) is 22.7. The van der Waals surface area contributed by atoms with E-state index in [1.807, 2.05) is 6.92 Å². The number of nitrogens with zero attached hydrogens (tertiary/aromatic N) is 2. The number of oxazole rings is 1. The van der Waals surface area contributed by atoms with Gasteiger partial charge in [-0.2, -0.15) is 0 Å². The highest BCUT2D eigenvalue weighted by atomic mass is 19.1. The summed E-state index contributed by atoms with van der Waals surface area (Å²) >= 11 is 0. The highest BCUT2D eigenvalue weighted by molar-refractivity contribution is 5.91. The predicted molar refractivity (Wildman–Crippen MR) is 149 cm³/mol. The van der Waals surface area contributed by atoms with Crippen LogP contribution in [0.4, 0.5) is 4.39 Å². The third-order valence-corrected chi connectivity index (χ3v) is 8.43. The lowest BCUT2D eigenvalue weighted by atomic mass is 9.90. The largest absolute Gasteiger partial charge is 0.496 e. The van der Waals surface area contributed by atoms with Crippen LogP contribution in [0.25, 0.3) is 22.2 Å². The Balaban J connectivity index is 1.18. The number of likely N-dealkylation sites (tertiary alicyclic amines) is 1. The molecule has 0 spiro atoms. The van der Waals surface area contributed by atoms with Crippen LogP contribution in [0, 0.1) is 17.7 Å². The molecule has 3 atom stereocenters. The second-order valence-electron chi connectivity index (χ2n) is 10.7. The molecule has 40 heavy (non-hydrogen) atoms. The Morgan fingerprint density at radius 2 is 1.90 bits per heavy atom. The number of carboxylic acids is 1. The number of hydrogen-bond acceptors (Lipinski definition) is 6. The van der Waals surface area contributed by atoms with Crippen molar-refractivity contribution in [2.45, 2.75) is 45.2 Å². The van der Waals surface area contributed by atoms with E-state index in [9.17, 15) is 14.3 Å². The number of hydrogen-bond donors (Lipinski definition) is 1. The Morgan fingerprint density at radius 1 is 1.10 bits per heavy atom. The summed E-state index contributed by atoms with van der Waals surface area (Å²) in [6, 6.07) is 15.9. The molecular weight excluding hydrogens is 511 g/mol. The summed E-state index contributed by atoms with van der Waals surface area (Å²) < 4.78 is 31.4. The number of carboxylic acid groups (broad SMARTS) is 1. The van der Waals surface area contributed by atoms with Crippen molar-refractivity contribution in [3.63, 3.8) is 0 Å². The Morgan fingerprint density at radius 3 is 2.65 bits per heavy atom. The van der Waals surface area contributed by atoms with Gasteiger partial charge in [-0.05, 0) is 98.2 Å². The normalized spacial score (nSPS) is 20.6. The number of benzene rings is 3. The zero-order chi connectivity index (χ0) is 27.8. The lowest BCUT2D eigenvalue weighted by Gasteiger charge is -2.25. The smallest absolute Gasteiger partial charge is 0.335 e. The first-order chi connectivity index (χ1) is 19.4. The maximum absolute atomic E-state index is 13.6. The van der Waals surface area contributed by atoms with Crippen molar-refractivity contribution in [1.29, 1.82) is 0 Å². The van der Waals surface area contributed by atoms with Gasteiger partial charge in [0.05, 0.1) is 24.8 Å². The van der Waals surface area contributed by atoms with Gasteiger partial charge in [0, 0.05) is 19.0 Å². The molecule has 2 aliphatic rings. The molecule has 1 aliphatic heterocycles. The van der Waals surface area contributed by atoms with Gasteiger partial charge in [-0.1, -0.05) is 12.1 Å². The highest BCUT2D eigenvalue weighted by Gasteiger charge is 2.44. The van der Waals surface area contributed by atoms with Crippen LogP contribution in [0.3, 0.4) is 0 Å². The molecule has 2 fully saturated rings. The Bertz CT molecular complexity index is 1530. The highest BCUT2D eigenvalue weighted by Crippen LogP contribution is 2.45. The van der Waals surface area contributed by atoms with E-state index in [0.717, 1.165) is 67.0 Å². The van der Waals surface area contributed by atoms with Gasteiger partial charge in [-0.15, -0.1) is 0 Å². The van der Waals surface area contributed by atoms with E-state index in [-0.39, 0.29) is 11.4 Å². The standard InChI is InChI=1S/C32H33FN2O5/c1-3-39-29-15-19(14-28(38-2)31(29)20-4-8-23(33)9-5-20)18-35-13-12-24-21(6-10-26(24)35)17-30-34-25-16-22(32(36)37)7-11-27(25)40-30/h4-5,7-9,11,14-16,21,24,26H,3,6,10,12-13,17-18H2,1-2H3,(H,36,37)/t21?,24-,26+/m0/s1. The molecule has 1 unspecified atom stereocenters. The Kier molecular flexibility index (Phi) is 7.19. The number of methoxy groups -OCH3 is 1. The molecule has 3 aromatic carbocycles. The van der Waals surface area contributed by atoms with Crippen LogP contribution >= 0.6 is 0 Å². The number of halogens is 1. The van der Waals surface area contributed by atoms with Gasteiger partial charge in [0.15, 0.2) is 11.5 Å². The van der Waals surface area contributed by atoms with E-state index in [4.69, 9.17) is 13.9 Å². The minimum Gasteiger partial charge on any atom is -0.496 e. The van der Waals surface area contributed by atoms with Crippen LogP contribution in [0.2, 0.25) is 0 Å². The van der Waals surface area contributed by atoms with Gasteiger partial charge in [0.25, 0.3) is 0 Å². The Labute approximate surface area is 232 Å². The van der Waals surface area contributed by atoms with Crippen LogP contribution in [0.15, 0.2) is 59.0 Å². The molecule has 0 radical (unpaired) electrons. The molecule has 4 aromatic rings. The molecule has 6 rings (SSSR count). The van der Waals surface area contributed by atoms with E-state index in [2.05, 4.69) is 22.0 Å². The minimum atomic E-state index is -0.966. The first kappa shape index (κ1) is 26.3. The van der Waals surface area contributed by atoms with E-state index in [1.165, 1.54) is 12.1 Å². The van der Waals surface area contributed by atoms with Crippen molar-refractivity contribution in [1.82, 2.24) is 9.88 Å². The molecule has 0 amide bonds. The molecule has 208 valence electrons. The topological polar surface area (TPSA) is 85.0 Å². The molecule has 1 N–H and O–H groups in total. The monoisotopic (exact) mass is 544 g/mol. The first-order valence-corrected chi connectivity index (χ1v) is 13.9. The molecule has 1 aromatic heterocycles. The minimum absolute atomic E-state index is 0.217. The summed E-state index contributed by atoms with van der Waals surface area (Å²) in [4.78, 5) is 18.5. The molecule has 0 bridgehead atoms. The second kappa shape index (κ2) is 10.9. The van der Waals surface area contributed by atoms with Gasteiger partial charge < -0.3 is 19.0 Å². The van der Waals surface area contributed by atoms with E-state index in [1.54, 1.807) is 37.4 Å². The van der Waals surface area contributed by atoms with Gasteiger partial charge >= 0.3 is 5.97 Å². The molecule has 7 nitrogen and oxygen atoms in total. The number of aromatic nitrogens is 1. The van der Waals surface area contributed by atoms with Crippen LogP contribution in [-0.2, 0) is 13.0 Å². The third-order valence-electron chi connectivity index (χ3n) is 8.43. The van der Waals surface area contributed by atoms with Gasteiger partial charge in [0.1, 0.15) is 22.8 Å². The summed E-state index contributed by atoms with van der Waals surface area (Å²) in [6.07, 6.45) is 4.13. The lowest BCUT2D eigenvalue weighted by Crippen LogP contribution is -2.30. The van der Waals surface area contributed by atoms with Crippen molar-refractivity contribution in [2.24, 2.45) is 11.8 Å². The van der Waals surface area contributed by atoms with Crippen LogP contribution < -0.4 is 9.47 Å². The SMILES string of the molecule is CCOc1cc(CN2CC[C@H]3C(Cc4nc5cc(C(=O)O)ccc5o4)CC[C@H]32)cc(OC)c1-c1ccc(F)cc1. The molecule has 8 heteroatoms. The number of fused-ring (bicyclic) bond motifs is 2. The molecular formula is C32H33FN2O5. The van der Waals surface area contributed by atoms with E-state index < -0.39 is 5.97 Å². The van der Waals surface area contributed by atoms with Crippen LogP contribution in [0.5, 0.6) is 11.5 Å². The van der Waals surface area contributed by atoms with Gasteiger partial charge in [0.2, 0.25) is 0 Å². The number of carbonyl (C=O) groups is 1. The Hall–Kier alpha value is -3.91. The lowest BCUT2D eigenvalue weighted by molar-refractivity contribution is 0.0697. The third kappa shape index (κ3) is 5.04. The van der Waals surface area contributed by atoms with E-state index >= 15 is 0 Å². The number of aromatic carboxylic acids is 1. The summed E-state index contributed by atoms with van der Waals surface area (Å²) in [5.74, 6) is 1.95. The fourth-order valence-corrected chi connectivity index (χ4v) is 6.66. The summed E-state index contributed by atoms with van der Waals surface area (Å²) in [6.45, 7) is 4.30. The fraction of sp³-hybridized carbons (Fsp3) is 0.375. The van der Waals surface area contributed by atoms with Crippen LogP contribution in [0.1, 0.15) is 48.0 Å². The summed E-state index contributed by atoms with van der Waals surface area (Å²) in [7, 11) is 1.66. The van der Waals surface area contributed by atoms with E-state index in [0.29, 0.717) is 41.5 Å². The second-order valence-corrected chi connectivity index (χ2v) is 10.7. The van der Waals surface area contributed by atoms with Crippen molar-refractivity contribution >= 4 is 17.1 Å². The first-order valence-electron chi connectivity index (χ1n) is 13.9. The quantitative estimate of drug-likeness (QED) is 0.255. The average molecular weight is 545 g/mol. The van der Waals surface area contributed by atoms with Crippen molar-refractivity contribution in [3.05, 3.63) is 77.4 Å².